The van der Waals surface area contributed by atoms with E-state index >= 15 is 0 Å². The minimum absolute atomic E-state index is 0.0448. The van der Waals surface area contributed by atoms with Gasteiger partial charge in [-0.15, -0.1) is 0 Å². The Balaban J connectivity index is 2.70. The van der Waals surface area contributed by atoms with E-state index in [9.17, 15) is 34.5 Å². The van der Waals surface area contributed by atoms with Gasteiger partial charge in [0, 0.05) is 19.3 Å². The van der Waals surface area contributed by atoms with Crippen LogP contribution in [0.3, 0.4) is 0 Å². The summed E-state index contributed by atoms with van der Waals surface area (Å²) in [5.74, 6) is -3.17. The maximum atomic E-state index is 13.2. The van der Waals surface area contributed by atoms with E-state index in [4.69, 9.17) is 23.7 Å². The number of ether oxygens (including phenoxy) is 5. The molecule has 0 aliphatic carbocycles. The number of rotatable bonds is 55. The van der Waals surface area contributed by atoms with Gasteiger partial charge in [-0.05, 0) is 116 Å². The SMILES string of the molecule is CC/C=C\C/C=C\C/C=C\C/C=C\C/C=C\CCCCCC(=O)OCC(COC1OC(C(=O)O)C(O)C(O)C1OC(=O)CCCCCCC/C=C\CCCCCCCC)OC(=O)CCCCCCCCC/C=C\CCCCCCCC. The number of allylic oxidation sites excluding steroid dienone is 14. The normalized spacial score (nSPS) is 18.3. The van der Waals surface area contributed by atoms with E-state index in [-0.39, 0.29) is 25.9 Å². The molecule has 12 nitrogen and oxygen atoms in total. The molecule has 6 atom stereocenters. The molecule has 0 aromatic rings. The highest BCUT2D eigenvalue weighted by Crippen LogP contribution is 2.26. The topological polar surface area (TPSA) is 175 Å². The highest BCUT2D eigenvalue weighted by atomic mass is 16.7. The Morgan fingerprint density at radius 2 is 0.778 bits per heavy atom. The maximum absolute atomic E-state index is 13.2. The monoisotopic (exact) mass is 1140 g/mol. The fraction of sp³-hybridized carbons (Fsp3) is 0.739. The van der Waals surface area contributed by atoms with Crippen LogP contribution in [-0.2, 0) is 42.9 Å². The van der Waals surface area contributed by atoms with Gasteiger partial charge in [-0.2, -0.15) is 0 Å². The van der Waals surface area contributed by atoms with Crippen LogP contribution in [0.1, 0.15) is 278 Å². The molecular weight excluding hydrogens is 1020 g/mol. The lowest BCUT2D eigenvalue weighted by atomic mass is 9.98. The Hall–Kier alpha value is -4.10. The highest BCUT2D eigenvalue weighted by molar-refractivity contribution is 5.74. The number of aliphatic hydroxyl groups excluding tert-OH is 2. The van der Waals surface area contributed by atoms with E-state index in [2.05, 4.69) is 106 Å². The summed E-state index contributed by atoms with van der Waals surface area (Å²) in [6.07, 6.45) is 61.1. The Morgan fingerprint density at radius 1 is 0.420 bits per heavy atom. The van der Waals surface area contributed by atoms with Crippen molar-refractivity contribution in [3.63, 3.8) is 0 Å². The molecule has 0 aromatic carbocycles. The van der Waals surface area contributed by atoms with Crippen molar-refractivity contribution in [2.75, 3.05) is 13.2 Å². The van der Waals surface area contributed by atoms with Crippen LogP contribution in [0.15, 0.2) is 85.1 Å². The number of aliphatic carboxylic acids is 1. The van der Waals surface area contributed by atoms with E-state index in [1.54, 1.807) is 0 Å². The number of aliphatic hydroxyl groups is 2. The zero-order chi connectivity index (χ0) is 58.9. The number of carbonyl (C=O) groups is 4. The van der Waals surface area contributed by atoms with Crippen molar-refractivity contribution in [3.8, 4) is 0 Å². The fourth-order valence-electron chi connectivity index (χ4n) is 9.44. The Morgan fingerprint density at radius 3 is 1.21 bits per heavy atom. The van der Waals surface area contributed by atoms with Crippen molar-refractivity contribution < 1.29 is 58.2 Å². The first-order valence-electron chi connectivity index (χ1n) is 32.6. The molecule has 0 amide bonds. The molecule has 0 saturated carbocycles. The number of unbranched alkanes of at least 4 members (excludes halogenated alkanes) is 27. The summed E-state index contributed by atoms with van der Waals surface area (Å²) in [6.45, 7) is 5.86. The summed E-state index contributed by atoms with van der Waals surface area (Å²) in [6, 6.07) is 0. The van der Waals surface area contributed by atoms with Crippen LogP contribution in [0.2, 0.25) is 0 Å². The molecule has 81 heavy (non-hydrogen) atoms. The van der Waals surface area contributed by atoms with Crippen molar-refractivity contribution in [2.45, 2.75) is 314 Å². The lowest BCUT2D eigenvalue weighted by molar-refractivity contribution is -0.301. The predicted molar refractivity (Wildman–Crippen MR) is 331 cm³/mol. The Labute approximate surface area is 492 Å². The number of carboxylic acid groups (broad SMARTS) is 1. The first kappa shape index (κ1) is 74.9. The third-order valence-corrected chi connectivity index (χ3v) is 14.4. The van der Waals surface area contributed by atoms with Crippen LogP contribution in [-0.4, -0.2) is 89.2 Å². The third-order valence-electron chi connectivity index (χ3n) is 14.4. The van der Waals surface area contributed by atoms with Gasteiger partial charge in [0.25, 0.3) is 0 Å². The number of esters is 3. The quantitative estimate of drug-likeness (QED) is 0.0228. The summed E-state index contributed by atoms with van der Waals surface area (Å²) >= 11 is 0. The summed E-state index contributed by atoms with van der Waals surface area (Å²) in [5, 5.41) is 31.6. The molecule has 0 aromatic heterocycles. The molecule has 464 valence electrons. The van der Waals surface area contributed by atoms with Crippen molar-refractivity contribution in [3.05, 3.63) is 85.1 Å². The molecule has 0 bridgehead atoms. The van der Waals surface area contributed by atoms with Gasteiger partial charge in [-0.25, -0.2) is 4.79 Å². The molecule has 1 aliphatic heterocycles. The molecule has 1 heterocycles. The molecule has 1 rings (SSSR count). The highest BCUT2D eigenvalue weighted by Gasteiger charge is 2.50. The molecule has 12 heteroatoms. The zero-order valence-corrected chi connectivity index (χ0v) is 51.3. The second kappa shape index (κ2) is 56.4. The van der Waals surface area contributed by atoms with Crippen LogP contribution < -0.4 is 0 Å². The van der Waals surface area contributed by atoms with E-state index in [1.807, 2.05) is 0 Å². The molecule has 0 radical (unpaired) electrons. The van der Waals surface area contributed by atoms with Gasteiger partial charge in [0.05, 0.1) is 6.61 Å². The molecule has 3 N–H and O–H groups in total. The summed E-state index contributed by atoms with van der Waals surface area (Å²) in [5.41, 5.74) is 0. The second-order valence-corrected chi connectivity index (χ2v) is 22.0. The van der Waals surface area contributed by atoms with Crippen molar-refractivity contribution in [1.82, 2.24) is 0 Å². The van der Waals surface area contributed by atoms with E-state index in [0.29, 0.717) is 19.3 Å². The van der Waals surface area contributed by atoms with Crippen molar-refractivity contribution >= 4 is 23.9 Å². The largest absolute Gasteiger partial charge is 0.479 e. The van der Waals surface area contributed by atoms with Gasteiger partial charge in [-0.1, -0.05) is 228 Å². The van der Waals surface area contributed by atoms with Crippen LogP contribution >= 0.6 is 0 Å². The molecule has 1 aliphatic rings. The molecule has 0 spiro atoms. The zero-order valence-electron chi connectivity index (χ0n) is 51.3. The number of carbonyl (C=O) groups excluding carboxylic acids is 3. The molecule has 1 fully saturated rings. The van der Waals surface area contributed by atoms with Gasteiger partial charge in [-0.3, -0.25) is 14.4 Å². The third kappa shape index (κ3) is 46.0. The van der Waals surface area contributed by atoms with E-state index < -0.39 is 67.3 Å². The number of carboxylic acids is 1. The smallest absolute Gasteiger partial charge is 0.335 e. The van der Waals surface area contributed by atoms with Crippen LogP contribution in [0.5, 0.6) is 0 Å². The Bertz CT molecular complexity index is 1730. The van der Waals surface area contributed by atoms with Gasteiger partial charge in [0.15, 0.2) is 24.6 Å². The second-order valence-electron chi connectivity index (χ2n) is 22.0. The lowest BCUT2D eigenvalue weighted by Gasteiger charge is -2.40. The average Bonchev–Trinajstić information content (AvgIpc) is 3.53. The summed E-state index contributed by atoms with van der Waals surface area (Å²) in [7, 11) is 0. The average molecular weight is 1140 g/mol. The first-order chi connectivity index (χ1) is 39.6. The lowest BCUT2D eigenvalue weighted by Crippen LogP contribution is -2.61. The molecule has 6 unspecified atom stereocenters. The van der Waals surface area contributed by atoms with E-state index in [1.165, 1.54) is 96.3 Å². The number of hydrogen-bond acceptors (Lipinski definition) is 11. The standard InChI is InChI=1S/C69H116O12/c1-4-7-10-13-16-19-22-25-28-30-31-33-35-37-40-43-46-49-52-55-61(70)77-58-60(79-62(71)56-53-50-47-44-41-39-36-32-29-26-23-20-17-14-11-8-5-2)59-78-69-67(65(74)64(73)66(81-69)68(75)76)80-63(72)57-54-51-48-45-42-38-34-27-24-21-18-15-12-9-6-3/h7,10,16,19,25-29,31,33-34,37,40,60,64-67,69,73-74H,4-6,8-9,11-15,17-18,20-24,30,32,35-36,38-39,41-59H2,1-3H3,(H,75,76)/b10-7-,19-16-,28-25-,29-26-,33-31-,34-27-,40-37-. The van der Waals surface area contributed by atoms with Gasteiger partial charge in [0.1, 0.15) is 18.8 Å². The predicted octanol–water partition coefficient (Wildman–Crippen LogP) is 17.5. The number of hydrogen-bond donors (Lipinski definition) is 3. The van der Waals surface area contributed by atoms with Gasteiger partial charge < -0.3 is 39.0 Å². The van der Waals surface area contributed by atoms with Crippen LogP contribution in [0.4, 0.5) is 0 Å². The fourth-order valence-corrected chi connectivity index (χ4v) is 9.44. The minimum Gasteiger partial charge on any atom is -0.479 e. The first-order valence-corrected chi connectivity index (χ1v) is 32.6. The van der Waals surface area contributed by atoms with Crippen molar-refractivity contribution in [1.29, 1.82) is 0 Å². The minimum atomic E-state index is -1.91. The van der Waals surface area contributed by atoms with Crippen LogP contribution in [0.25, 0.3) is 0 Å². The van der Waals surface area contributed by atoms with Gasteiger partial charge >= 0.3 is 23.9 Å². The molecular formula is C69H116O12. The Kier molecular flexibility index (Phi) is 52.1. The maximum Gasteiger partial charge on any atom is 0.335 e. The molecule has 1 saturated heterocycles. The van der Waals surface area contributed by atoms with E-state index in [0.717, 1.165) is 122 Å². The van der Waals surface area contributed by atoms with Crippen LogP contribution in [0, 0.1) is 0 Å². The summed E-state index contributed by atoms with van der Waals surface area (Å²) in [4.78, 5) is 51.3. The van der Waals surface area contributed by atoms with Crippen molar-refractivity contribution in [2.24, 2.45) is 0 Å². The summed E-state index contributed by atoms with van der Waals surface area (Å²) < 4.78 is 28.5. The van der Waals surface area contributed by atoms with Gasteiger partial charge in [0.2, 0.25) is 0 Å².